The van der Waals surface area contributed by atoms with E-state index in [2.05, 4.69) is 15.5 Å². The van der Waals surface area contributed by atoms with Crippen molar-refractivity contribution in [1.29, 1.82) is 0 Å². The first-order valence-corrected chi connectivity index (χ1v) is 13.6. The van der Waals surface area contributed by atoms with Crippen molar-refractivity contribution in [3.63, 3.8) is 0 Å². The molecule has 2 aromatic rings. The van der Waals surface area contributed by atoms with Gasteiger partial charge in [-0.15, -0.1) is 22.0 Å². The summed E-state index contributed by atoms with van der Waals surface area (Å²) in [5, 5.41) is 18.9. The molecule has 16 heteroatoms. The predicted octanol–water partition coefficient (Wildman–Crippen LogP) is -0.0119. The number of fused-ring (bicyclic) bond motifs is 1. The molecule has 2 aliphatic rings. The van der Waals surface area contributed by atoms with Gasteiger partial charge in [-0.2, -0.15) is 8.42 Å². The summed E-state index contributed by atoms with van der Waals surface area (Å²) < 4.78 is 35.8. The number of rotatable bonds is 9. The van der Waals surface area contributed by atoms with E-state index in [0.29, 0.717) is 11.1 Å². The van der Waals surface area contributed by atoms with Crippen molar-refractivity contribution in [3.8, 4) is 0 Å². The van der Waals surface area contributed by atoms with Crippen molar-refractivity contribution in [3.05, 3.63) is 53.1 Å². The summed E-state index contributed by atoms with van der Waals surface area (Å²) in [4.78, 5) is 38.5. The van der Waals surface area contributed by atoms with Crippen LogP contribution in [0.2, 0.25) is 0 Å². The average molecular weight is 542 g/mol. The Morgan fingerprint density at radius 1 is 1.31 bits per heavy atom. The molecule has 5 N–H and O–H groups in total. The van der Waals surface area contributed by atoms with Crippen molar-refractivity contribution < 1.29 is 36.9 Å². The van der Waals surface area contributed by atoms with Crippen LogP contribution in [-0.4, -0.2) is 73.9 Å². The lowest BCUT2D eigenvalue weighted by atomic mass is 10.0. The fourth-order valence-corrected chi connectivity index (χ4v) is 6.20. The molecule has 2 amide bonds. The monoisotopic (exact) mass is 541 g/mol. The number of hydrogen-bond acceptors (Lipinski definition) is 11. The van der Waals surface area contributed by atoms with E-state index in [-0.39, 0.29) is 28.3 Å². The molecule has 1 aromatic carbocycles. The van der Waals surface area contributed by atoms with Crippen LogP contribution in [0.5, 0.6) is 0 Å². The standard InChI is InChI=1S/C19H19N5O8S3/c20-12(9-4-2-1-3-5-9)15(25)21-13-16(26)24-14(18(27)28)10(6-33-17(13)24)7-34-19-23-22-11(32-19)8-35(29,30)31/h1-5,12-13,17H,6-8,20H2,(H,21,25)(H,27,28)(H,29,30,31)/t12?,13?,17-/m0/s1. The van der Waals surface area contributed by atoms with Gasteiger partial charge in [-0.1, -0.05) is 42.1 Å². The Morgan fingerprint density at radius 3 is 2.69 bits per heavy atom. The topological polar surface area (TPSA) is 206 Å². The minimum absolute atomic E-state index is 0.0250. The Labute approximate surface area is 207 Å². The van der Waals surface area contributed by atoms with Gasteiger partial charge in [0.25, 0.3) is 21.2 Å². The minimum atomic E-state index is -4.34. The van der Waals surface area contributed by atoms with E-state index in [0.717, 1.165) is 16.7 Å². The van der Waals surface area contributed by atoms with Gasteiger partial charge in [0.05, 0.1) is 0 Å². The van der Waals surface area contributed by atoms with E-state index in [1.807, 2.05) is 0 Å². The third-order valence-electron chi connectivity index (χ3n) is 5.11. The van der Waals surface area contributed by atoms with E-state index in [9.17, 15) is 27.9 Å². The predicted molar refractivity (Wildman–Crippen MR) is 123 cm³/mol. The molecule has 2 aliphatic heterocycles. The zero-order valence-corrected chi connectivity index (χ0v) is 20.2. The summed E-state index contributed by atoms with van der Waals surface area (Å²) in [6.07, 6.45) is 0. The summed E-state index contributed by atoms with van der Waals surface area (Å²) >= 11 is 2.25. The Bertz CT molecular complexity index is 1300. The first-order chi connectivity index (χ1) is 16.5. The van der Waals surface area contributed by atoms with Crippen LogP contribution in [-0.2, 0) is 30.3 Å². The van der Waals surface area contributed by atoms with E-state index < -0.39 is 51.1 Å². The van der Waals surface area contributed by atoms with Gasteiger partial charge in [0.2, 0.25) is 11.8 Å². The quantitative estimate of drug-likeness (QED) is 0.187. The van der Waals surface area contributed by atoms with Gasteiger partial charge in [-0.3, -0.25) is 19.0 Å². The lowest BCUT2D eigenvalue weighted by molar-refractivity contribution is -0.150. The Balaban J connectivity index is 1.43. The molecule has 2 unspecified atom stereocenters. The van der Waals surface area contributed by atoms with Crippen molar-refractivity contribution in [2.24, 2.45) is 5.73 Å². The zero-order valence-electron chi connectivity index (χ0n) is 17.7. The molecule has 186 valence electrons. The van der Waals surface area contributed by atoms with Crippen molar-refractivity contribution in [2.75, 3.05) is 11.5 Å². The normalized spacial score (nSPS) is 20.7. The molecule has 4 rings (SSSR count). The van der Waals surface area contributed by atoms with Gasteiger partial charge in [-0.05, 0) is 11.1 Å². The maximum absolute atomic E-state index is 12.8. The van der Waals surface area contributed by atoms with Crippen LogP contribution >= 0.6 is 23.5 Å². The molecule has 0 bridgehead atoms. The number of nitrogens with zero attached hydrogens (tertiary/aromatic N) is 3. The number of carboxylic acid groups (broad SMARTS) is 1. The molecular formula is C19H19N5O8S3. The van der Waals surface area contributed by atoms with E-state index >= 15 is 0 Å². The highest BCUT2D eigenvalue weighted by atomic mass is 32.2. The lowest BCUT2D eigenvalue weighted by Gasteiger charge is -2.49. The molecule has 3 atom stereocenters. The number of hydrogen-bond donors (Lipinski definition) is 4. The highest BCUT2D eigenvalue weighted by molar-refractivity contribution is 8.01. The van der Waals surface area contributed by atoms with Gasteiger partial charge < -0.3 is 20.6 Å². The van der Waals surface area contributed by atoms with Crippen LogP contribution in [0.25, 0.3) is 0 Å². The Morgan fingerprint density at radius 2 is 2.03 bits per heavy atom. The maximum atomic E-state index is 12.8. The van der Waals surface area contributed by atoms with Crippen molar-refractivity contribution >= 4 is 51.4 Å². The van der Waals surface area contributed by atoms with Gasteiger partial charge in [-0.25, -0.2) is 4.79 Å². The van der Waals surface area contributed by atoms with Crippen LogP contribution in [0.1, 0.15) is 17.5 Å². The number of aliphatic carboxylic acids is 1. The number of amides is 2. The van der Waals surface area contributed by atoms with Crippen molar-refractivity contribution in [2.45, 2.75) is 28.4 Å². The number of β-lactam (4-membered cyclic amide) rings is 1. The Hall–Kier alpha value is -2.92. The molecule has 0 spiro atoms. The molecule has 1 aromatic heterocycles. The van der Waals surface area contributed by atoms with Crippen LogP contribution in [0.3, 0.4) is 0 Å². The number of carboxylic acids is 1. The summed E-state index contributed by atoms with van der Waals surface area (Å²) in [5.74, 6) is -3.24. The number of benzene rings is 1. The second kappa shape index (κ2) is 9.98. The van der Waals surface area contributed by atoms with Gasteiger partial charge in [0.15, 0.2) is 5.75 Å². The summed E-state index contributed by atoms with van der Waals surface area (Å²) in [5.41, 5.74) is 6.79. The zero-order chi connectivity index (χ0) is 25.3. The first-order valence-electron chi connectivity index (χ1n) is 9.96. The lowest BCUT2D eigenvalue weighted by Crippen LogP contribution is -2.71. The van der Waals surface area contributed by atoms with E-state index in [1.54, 1.807) is 30.3 Å². The van der Waals surface area contributed by atoms with Crippen LogP contribution < -0.4 is 11.1 Å². The molecule has 35 heavy (non-hydrogen) atoms. The summed E-state index contributed by atoms with van der Waals surface area (Å²) in [6, 6.07) is 6.76. The van der Waals surface area contributed by atoms with Gasteiger partial charge in [0.1, 0.15) is 23.2 Å². The van der Waals surface area contributed by atoms with E-state index in [4.69, 9.17) is 14.7 Å². The molecule has 0 radical (unpaired) electrons. The minimum Gasteiger partial charge on any atom is -0.477 e. The largest absolute Gasteiger partial charge is 0.477 e. The molecule has 1 saturated heterocycles. The number of carbonyl (C=O) groups is 3. The number of aromatic nitrogens is 2. The third kappa shape index (κ3) is 5.51. The SMILES string of the molecule is NC(C(=O)NC1C(=O)N2C(C(=O)O)=C(CSc3nnc(CS(=O)(=O)O)o3)CS[C@@H]12)c1ccccc1. The fraction of sp³-hybridized carbons (Fsp3) is 0.316. The highest BCUT2D eigenvalue weighted by Crippen LogP contribution is 2.41. The third-order valence-corrected chi connectivity index (χ3v) is 7.97. The van der Waals surface area contributed by atoms with Crippen LogP contribution in [0.15, 0.2) is 51.2 Å². The summed E-state index contributed by atoms with van der Waals surface area (Å²) in [7, 11) is -4.34. The van der Waals surface area contributed by atoms with Crippen LogP contribution in [0, 0.1) is 0 Å². The summed E-state index contributed by atoms with van der Waals surface area (Å²) in [6.45, 7) is 0. The second-order valence-electron chi connectivity index (χ2n) is 7.52. The molecular weight excluding hydrogens is 522 g/mol. The smallest absolute Gasteiger partial charge is 0.352 e. The number of carbonyl (C=O) groups excluding carboxylic acids is 2. The second-order valence-corrected chi connectivity index (χ2v) is 11.0. The first kappa shape index (κ1) is 25.2. The molecule has 0 saturated carbocycles. The molecule has 13 nitrogen and oxygen atoms in total. The molecule has 1 fully saturated rings. The molecule has 3 heterocycles. The highest BCUT2D eigenvalue weighted by Gasteiger charge is 2.54. The maximum Gasteiger partial charge on any atom is 0.352 e. The number of thioether (sulfide) groups is 2. The number of nitrogens with one attached hydrogen (secondary N) is 1. The van der Waals surface area contributed by atoms with Crippen LogP contribution in [0.4, 0.5) is 0 Å². The van der Waals surface area contributed by atoms with Gasteiger partial charge in [0, 0.05) is 11.5 Å². The number of nitrogens with two attached hydrogens (primary N) is 1. The Kier molecular flexibility index (Phi) is 7.18. The average Bonchev–Trinajstić information content (AvgIpc) is 3.25. The van der Waals surface area contributed by atoms with E-state index in [1.165, 1.54) is 11.8 Å². The molecule has 0 aliphatic carbocycles. The fourth-order valence-electron chi connectivity index (χ4n) is 3.51. The van der Waals surface area contributed by atoms with Gasteiger partial charge >= 0.3 is 5.97 Å². The van der Waals surface area contributed by atoms with Crippen molar-refractivity contribution in [1.82, 2.24) is 20.4 Å².